The first kappa shape index (κ1) is 17.2. The number of urea groups is 1. The van der Waals surface area contributed by atoms with Crippen LogP contribution in [0, 0.1) is 0 Å². The molecule has 2 aliphatic heterocycles. The molecule has 0 aromatic heterocycles. The topological polar surface area (TPSA) is 61.9 Å². The van der Waals surface area contributed by atoms with E-state index in [1.807, 2.05) is 21.9 Å². The molecular formula is C17H22BrN3O3. The number of carbonyl (C=O) groups is 2. The number of nitrogens with one attached hydrogen (secondary N) is 1. The van der Waals surface area contributed by atoms with Crippen LogP contribution in [0.3, 0.4) is 0 Å². The molecule has 0 unspecified atom stereocenters. The maximum Gasteiger partial charge on any atom is 0.320 e. The quantitative estimate of drug-likeness (QED) is 0.788. The number of ether oxygens (including phenoxy) is 1. The van der Waals surface area contributed by atoms with E-state index in [1.165, 1.54) is 5.56 Å². The zero-order chi connectivity index (χ0) is 16.9. The molecule has 0 atom stereocenters. The number of nitrogens with zero attached hydrogens (tertiary/aromatic N) is 2. The highest BCUT2D eigenvalue weighted by atomic mass is 79.9. The van der Waals surface area contributed by atoms with Crippen LogP contribution in [-0.2, 0) is 9.53 Å². The van der Waals surface area contributed by atoms with Gasteiger partial charge in [0.05, 0.1) is 0 Å². The summed E-state index contributed by atoms with van der Waals surface area (Å²) >= 11 is 3.49. The molecule has 1 aromatic carbocycles. The zero-order valence-corrected chi connectivity index (χ0v) is 15.1. The lowest BCUT2D eigenvalue weighted by atomic mass is 9.92. The Balaban J connectivity index is 1.53. The first-order valence-corrected chi connectivity index (χ1v) is 9.06. The van der Waals surface area contributed by atoms with Gasteiger partial charge >= 0.3 is 6.03 Å². The Morgan fingerprint density at radius 2 is 2.08 bits per heavy atom. The number of halogens is 1. The number of rotatable bonds is 1. The van der Waals surface area contributed by atoms with Gasteiger partial charge in [0.25, 0.3) is 0 Å². The van der Waals surface area contributed by atoms with E-state index in [9.17, 15) is 9.59 Å². The molecule has 7 heteroatoms. The molecule has 1 aromatic rings. The molecule has 2 fully saturated rings. The molecule has 130 valence electrons. The van der Waals surface area contributed by atoms with Gasteiger partial charge in [-0.05, 0) is 24.1 Å². The summed E-state index contributed by atoms with van der Waals surface area (Å²) in [6, 6.07) is 8.30. The maximum atomic E-state index is 12.7. The number of amides is 3. The Hall–Kier alpha value is -1.60. The zero-order valence-electron chi connectivity index (χ0n) is 13.5. The number of carbonyl (C=O) groups excluding carboxylic acids is 2. The Morgan fingerprint density at radius 1 is 1.25 bits per heavy atom. The molecule has 2 heterocycles. The van der Waals surface area contributed by atoms with Crippen molar-refractivity contribution in [3.63, 3.8) is 0 Å². The molecule has 1 N–H and O–H groups in total. The van der Waals surface area contributed by atoms with E-state index >= 15 is 0 Å². The van der Waals surface area contributed by atoms with Crippen molar-refractivity contribution in [2.75, 3.05) is 45.9 Å². The lowest BCUT2D eigenvalue weighted by Crippen LogP contribution is -2.55. The van der Waals surface area contributed by atoms with Crippen molar-refractivity contribution in [3.05, 3.63) is 34.3 Å². The van der Waals surface area contributed by atoms with Crippen molar-refractivity contribution < 1.29 is 14.3 Å². The second-order valence-corrected chi connectivity index (χ2v) is 7.10. The third kappa shape index (κ3) is 4.27. The molecule has 0 spiro atoms. The van der Waals surface area contributed by atoms with Crippen LogP contribution in [0.1, 0.15) is 17.9 Å². The largest absolute Gasteiger partial charge is 0.372 e. The van der Waals surface area contributed by atoms with Crippen molar-refractivity contribution in [1.82, 2.24) is 15.1 Å². The number of hydrogen-bond donors (Lipinski definition) is 1. The van der Waals surface area contributed by atoms with Gasteiger partial charge in [0.15, 0.2) is 0 Å². The van der Waals surface area contributed by atoms with Gasteiger partial charge in [0.2, 0.25) is 5.91 Å². The van der Waals surface area contributed by atoms with Crippen molar-refractivity contribution in [2.45, 2.75) is 12.3 Å². The third-order valence-electron chi connectivity index (χ3n) is 4.40. The summed E-state index contributed by atoms with van der Waals surface area (Å²) in [7, 11) is 0. The lowest BCUT2D eigenvalue weighted by molar-refractivity contribution is -0.126. The first-order valence-electron chi connectivity index (χ1n) is 8.27. The predicted octanol–water partition coefficient (Wildman–Crippen LogP) is 1.81. The standard InChI is InChI=1S/C17H22BrN3O3/c18-15-4-1-3-13(9-15)14-10-21(11-14)17(23)20-6-2-8-24-12-16(22)19-5-7-20/h1,3-4,9,14H,2,5-8,10-12H2,(H,19,22). The van der Waals surface area contributed by atoms with Gasteiger partial charge in [-0.1, -0.05) is 28.1 Å². The summed E-state index contributed by atoms with van der Waals surface area (Å²) in [6.07, 6.45) is 0.752. The molecule has 0 saturated carbocycles. The van der Waals surface area contributed by atoms with Crippen LogP contribution in [-0.4, -0.2) is 67.7 Å². The summed E-state index contributed by atoms with van der Waals surface area (Å²) in [5.74, 6) is 0.276. The van der Waals surface area contributed by atoms with Crippen molar-refractivity contribution in [2.24, 2.45) is 0 Å². The van der Waals surface area contributed by atoms with E-state index in [2.05, 4.69) is 33.4 Å². The van der Waals surface area contributed by atoms with Crippen molar-refractivity contribution in [1.29, 1.82) is 0 Å². The van der Waals surface area contributed by atoms with E-state index in [0.29, 0.717) is 32.2 Å². The fourth-order valence-corrected chi connectivity index (χ4v) is 3.43. The van der Waals surface area contributed by atoms with Gasteiger partial charge in [-0.25, -0.2) is 4.79 Å². The second kappa shape index (κ2) is 7.98. The molecule has 6 nitrogen and oxygen atoms in total. The minimum absolute atomic E-state index is 0.0519. The summed E-state index contributed by atoms with van der Waals surface area (Å²) in [6.45, 7) is 3.77. The number of benzene rings is 1. The maximum absolute atomic E-state index is 12.7. The van der Waals surface area contributed by atoms with Gasteiger partial charge in [-0.15, -0.1) is 0 Å². The Morgan fingerprint density at radius 3 is 2.88 bits per heavy atom. The predicted molar refractivity (Wildman–Crippen MR) is 93.9 cm³/mol. The molecule has 0 bridgehead atoms. The SMILES string of the molecule is O=C1COCCCN(C(=O)N2CC(c3cccc(Br)c3)C2)CCN1. The van der Waals surface area contributed by atoms with E-state index < -0.39 is 0 Å². The van der Waals surface area contributed by atoms with Gasteiger partial charge in [0.1, 0.15) is 6.61 Å². The van der Waals surface area contributed by atoms with Crippen LogP contribution < -0.4 is 5.32 Å². The van der Waals surface area contributed by atoms with Crippen LogP contribution in [0.5, 0.6) is 0 Å². The fraction of sp³-hybridized carbons (Fsp3) is 0.529. The lowest BCUT2D eigenvalue weighted by Gasteiger charge is -2.42. The van der Waals surface area contributed by atoms with E-state index in [0.717, 1.165) is 24.0 Å². The normalized spacial score (nSPS) is 20.3. The van der Waals surface area contributed by atoms with E-state index in [-0.39, 0.29) is 18.5 Å². The van der Waals surface area contributed by atoms with E-state index in [4.69, 9.17) is 4.74 Å². The Labute approximate surface area is 150 Å². The van der Waals surface area contributed by atoms with Crippen LogP contribution in [0.4, 0.5) is 4.79 Å². The summed E-state index contributed by atoms with van der Waals surface area (Å²) in [5, 5.41) is 2.77. The summed E-state index contributed by atoms with van der Waals surface area (Å²) < 4.78 is 6.34. The molecule has 0 radical (unpaired) electrons. The smallest absolute Gasteiger partial charge is 0.320 e. The molecular weight excluding hydrogens is 374 g/mol. The highest BCUT2D eigenvalue weighted by Gasteiger charge is 2.34. The highest BCUT2D eigenvalue weighted by molar-refractivity contribution is 9.10. The van der Waals surface area contributed by atoms with Crippen molar-refractivity contribution >= 4 is 27.9 Å². The van der Waals surface area contributed by atoms with Crippen LogP contribution in [0.25, 0.3) is 0 Å². The van der Waals surface area contributed by atoms with Crippen LogP contribution in [0.2, 0.25) is 0 Å². The molecule has 3 amide bonds. The minimum atomic E-state index is -0.122. The first-order chi connectivity index (χ1) is 11.6. The minimum Gasteiger partial charge on any atom is -0.372 e. The Kier molecular flexibility index (Phi) is 5.73. The summed E-state index contributed by atoms with van der Waals surface area (Å²) in [5.41, 5.74) is 1.26. The van der Waals surface area contributed by atoms with E-state index in [1.54, 1.807) is 0 Å². The molecule has 2 saturated heterocycles. The van der Waals surface area contributed by atoms with Crippen molar-refractivity contribution in [3.8, 4) is 0 Å². The monoisotopic (exact) mass is 395 g/mol. The molecule has 0 aliphatic carbocycles. The number of hydrogen-bond acceptors (Lipinski definition) is 3. The molecule has 24 heavy (non-hydrogen) atoms. The second-order valence-electron chi connectivity index (χ2n) is 6.18. The fourth-order valence-electron chi connectivity index (χ4n) is 3.01. The Bertz CT molecular complexity index is 604. The number of likely N-dealkylation sites (tertiary alicyclic amines) is 1. The van der Waals surface area contributed by atoms with Gasteiger partial charge in [0, 0.05) is 49.7 Å². The van der Waals surface area contributed by atoms with Gasteiger partial charge < -0.3 is 19.9 Å². The average molecular weight is 396 g/mol. The van der Waals surface area contributed by atoms with Gasteiger partial charge in [-0.3, -0.25) is 4.79 Å². The third-order valence-corrected chi connectivity index (χ3v) is 4.89. The molecule has 2 aliphatic rings. The highest BCUT2D eigenvalue weighted by Crippen LogP contribution is 2.29. The van der Waals surface area contributed by atoms with Crippen LogP contribution in [0.15, 0.2) is 28.7 Å². The summed E-state index contributed by atoms with van der Waals surface area (Å²) in [4.78, 5) is 27.8. The molecule has 3 rings (SSSR count). The van der Waals surface area contributed by atoms with Crippen LogP contribution >= 0.6 is 15.9 Å². The average Bonchev–Trinajstić information content (AvgIpc) is 2.52. The van der Waals surface area contributed by atoms with Gasteiger partial charge in [-0.2, -0.15) is 0 Å².